The van der Waals surface area contributed by atoms with Gasteiger partial charge in [-0.15, -0.1) is 0 Å². The van der Waals surface area contributed by atoms with Crippen LogP contribution >= 0.6 is 0 Å². The van der Waals surface area contributed by atoms with E-state index in [1.54, 1.807) is 36.4 Å². The van der Waals surface area contributed by atoms with Crippen molar-refractivity contribution < 1.29 is 18.0 Å². The number of carbonyl (C=O) groups excluding carboxylic acids is 2. The van der Waals surface area contributed by atoms with Crippen LogP contribution in [0, 0.1) is 0 Å². The number of benzene rings is 2. The Morgan fingerprint density at radius 3 is 2.24 bits per heavy atom. The van der Waals surface area contributed by atoms with Gasteiger partial charge < -0.3 is 10.6 Å². The number of carbonyl (C=O) groups is 2. The minimum Gasteiger partial charge on any atom is -0.352 e. The lowest BCUT2D eigenvalue weighted by molar-refractivity contribution is 0.0954. The number of sulfonamides is 1. The molecule has 0 aliphatic carbocycles. The smallest absolute Gasteiger partial charge is 0.255 e. The van der Waals surface area contributed by atoms with E-state index in [1.165, 1.54) is 10.6 Å². The molecule has 2 amide bonds. The van der Waals surface area contributed by atoms with Crippen LogP contribution in [0.15, 0.2) is 48.5 Å². The van der Waals surface area contributed by atoms with Crippen molar-refractivity contribution >= 4 is 27.5 Å². The Kier molecular flexibility index (Phi) is 8.60. The van der Waals surface area contributed by atoms with Crippen LogP contribution in [0.3, 0.4) is 0 Å². The summed E-state index contributed by atoms with van der Waals surface area (Å²) in [6.45, 7) is 5.68. The quantitative estimate of drug-likeness (QED) is 0.547. The molecule has 0 saturated carbocycles. The molecule has 0 bridgehead atoms. The maximum absolute atomic E-state index is 12.8. The van der Waals surface area contributed by atoms with Gasteiger partial charge in [0, 0.05) is 44.8 Å². The van der Waals surface area contributed by atoms with Crippen molar-refractivity contribution in [1.29, 1.82) is 0 Å². The second-order valence-electron chi connectivity index (χ2n) is 8.24. The topological polar surface area (TPSA) is 98.8 Å². The molecule has 178 valence electrons. The summed E-state index contributed by atoms with van der Waals surface area (Å²) in [7, 11) is -3.14. The molecule has 1 aliphatic rings. The highest BCUT2D eigenvalue weighted by atomic mass is 32.2. The van der Waals surface area contributed by atoms with Gasteiger partial charge in [-0.25, -0.2) is 8.42 Å². The molecule has 0 spiro atoms. The highest BCUT2D eigenvalue weighted by Gasteiger charge is 2.23. The van der Waals surface area contributed by atoms with Crippen molar-refractivity contribution in [2.45, 2.75) is 26.3 Å². The fourth-order valence-electron chi connectivity index (χ4n) is 3.70. The number of nitrogens with one attached hydrogen (secondary N) is 2. The van der Waals surface area contributed by atoms with Crippen LogP contribution in [0.5, 0.6) is 0 Å². The standard InChI is InChI=1S/C24H32N4O4S/c1-3-4-13-25-24(30)21-7-5-6-8-22(21)26-23(29)20-11-9-19(10-12-20)18-27-14-16-28(17-15-27)33(2,31)32/h5-12H,3-4,13-18H2,1-2H3,(H,25,30)(H,26,29). The summed E-state index contributed by atoms with van der Waals surface area (Å²) in [6.07, 6.45) is 3.13. The average Bonchev–Trinajstić information content (AvgIpc) is 2.80. The van der Waals surface area contributed by atoms with Crippen LogP contribution in [0.1, 0.15) is 46.0 Å². The molecule has 33 heavy (non-hydrogen) atoms. The number of unbranched alkanes of at least 4 members (excludes halogenated alkanes) is 1. The van der Waals surface area contributed by atoms with Crippen LogP contribution in [-0.4, -0.2) is 68.4 Å². The summed E-state index contributed by atoms with van der Waals surface area (Å²) in [5.74, 6) is -0.484. The van der Waals surface area contributed by atoms with Crippen molar-refractivity contribution in [3.8, 4) is 0 Å². The molecule has 1 saturated heterocycles. The molecule has 1 aliphatic heterocycles. The maximum Gasteiger partial charge on any atom is 0.255 e. The van der Waals surface area contributed by atoms with Gasteiger partial charge in [-0.2, -0.15) is 4.31 Å². The third-order valence-electron chi connectivity index (χ3n) is 5.66. The fraction of sp³-hybridized carbons (Fsp3) is 0.417. The zero-order chi connectivity index (χ0) is 23.8. The monoisotopic (exact) mass is 472 g/mol. The molecule has 1 fully saturated rings. The molecule has 2 N–H and O–H groups in total. The first-order valence-corrected chi connectivity index (χ1v) is 13.1. The summed E-state index contributed by atoms with van der Waals surface area (Å²) in [6, 6.07) is 14.3. The summed E-state index contributed by atoms with van der Waals surface area (Å²) < 4.78 is 24.8. The van der Waals surface area contributed by atoms with Gasteiger partial charge >= 0.3 is 0 Å². The number of para-hydroxylation sites is 1. The van der Waals surface area contributed by atoms with Gasteiger partial charge in [0.25, 0.3) is 11.8 Å². The molecule has 0 unspecified atom stereocenters. The van der Waals surface area contributed by atoms with E-state index in [1.807, 2.05) is 12.1 Å². The van der Waals surface area contributed by atoms with Gasteiger partial charge in [-0.05, 0) is 36.2 Å². The molecule has 8 nitrogen and oxygen atoms in total. The Bertz CT molecular complexity index is 1060. The van der Waals surface area contributed by atoms with Crippen molar-refractivity contribution in [3.63, 3.8) is 0 Å². The van der Waals surface area contributed by atoms with Crippen LogP contribution in [0.2, 0.25) is 0 Å². The third-order valence-corrected chi connectivity index (χ3v) is 6.96. The van der Waals surface area contributed by atoms with Crippen LogP contribution in [0.4, 0.5) is 5.69 Å². The minimum absolute atomic E-state index is 0.203. The number of amides is 2. The summed E-state index contributed by atoms with van der Waals surface area (Å²) in [5, 5.41) is 5.72. The Balaban J connectivity index is 1.58. The molecule has 3 rings (SSSR count). The van der Waals surface area contributed by atoms with Crippen molar-refractivity contribution in [3.05, 3.63) is 65.2 Å². The van der Waals surface area contributed by atoms with Gasteiger partial charge in [0.2, 0.25) is 10.0 Å². The van der Waals surface area contributed by atoms with E-state index in [4.69, 9.17) is 0 Å². The predicted octanol–water partition coefficient (Wildman–Crippen LogP) is 2.55. The molecule has 2 aromatic carbocycles. The lowest BCUT2D eigenvalue weighted by Crippen LogP contribution is -2.47. The Morgan fingerprint density at radius 1 is 0.939 bits per heavy atom. The molecular formula is C24H32N4O4S. The van der Waals surface area contributed by atoms with Crippen LogP contribution in [0.25, 0.3) is 0 Å². The number of nitrogens with zero attached hydrogens (tertiary/aromatic N) is 2. The van der Waals surface area contributed by atoms with Crippen molar-refractivity contribution in [2.24, 2.45) is 0 Å². The van der Waals surface area contributed by atoms with E-state index < -0.39 is 10.0 Å². The van der Waals surface area contributed by atoms with Crippen molar-refractivity contribution in [2.75, 3.05) is 44.3 Å². The molecule has 0 atom stereocenters. The second kappa shape index (κ2) is 11.4. The second-order valence-corrected chi connectivity index (χ2v) is 10.2. The molecule has 0 aromatic heterocycles. The Labute approximate surface area is 196 Å². The minimum atomic E-state index is -3.14. The highest BCUT2D eigenvalue weighted by molar-refractivity contribution is 7.88. The zero-order valence-electron chi connectivity index (χ0n) is 19.2. The first-order chi connectivity index (χ1) is 15.8. The van der Waals surface area contributed by atoms with E-state index in [-0.39, 0.29) is 11.8 Å². The molecular weight excluding hydrogens is 440 g/mol. The Morgan fingerprint density at radius 2 is 1.61 bits per heavy atom. The first kappa shape index (κ1) is 24.9. The van der Waals surface area contributed by atoms with E-state index in [0.717, 1.165) is 18.4 Å². The SMILES string of the molecule is CCCCNC(=O)c1ccccc1NC(=O)c1ccc(CN2CCN(S(C)(=O)=O)CC2)cc1. The van der Waals surface area contributed by atoms with Gasteiger partial charge in [0.1, 0.15) is 0 Å². The van der Waals surface area contributed by atoms with Gasteiger partial charge in [0.05, 0.1) is 17.5 Å². The van der Waals surface area contributed by atoms with E-state index in [2.05, 4.69) is 22.5 Å². The number of hydrogen-bond acceptors (Lipinski definition) is 5. The largest absolute Gasteiger partial charge is 0.352 e. The van der Waals surface area contributed by atoms with E-state index in [9.17, 15) is 18.0 Å². The molecule has 2 aromatic rings. The zero-order valence-corrected chi connectivity index (χ0v) is 20.0. The number of rotatable bonds is 9. The van der Waals surface area contributed by atoms with Gasteiger partial charge in [-0.3, -0.25) is 14.5 Å². The normalized spacial score (nSPS) is 15.2. The van der Waals surface area contributed by atoms with Gasteiger partial charge in [0.15, 0.2) is 0 Å². The average molecular weight is 473 g/mol. The van der Waals surface area contributed by atoms with E-state index in [0.29, 0.717) is 56.1 Å². The molecule has 0 radical (unpaired) electrons. The van der Waals surface area contributed by atoms with Crippen molar-refractivity contribution in [1.82, 2.24) is 14.5 Å². The number of anilines is 1. The number of hydrogen-bond donors (Lipinski definition) is 2. The Hall–Kier alpha value is -2.75. The predicted molar refractivity (Wildman–Crippen MR) is 130 cm³/mol. The lowest BCUT2D eigenvalue weighted by Gasteiger charge is -2.33. The molecule has 1 heterocycles. The third kappa shape index (κ3) is 7.12. The maximum atomic E-state index is 12.8. The summed E-state index contributed by atoms with van der Waals surface area (Å²) >= 11 is 0. The fourth-order valence-corrected chi connectivity index (χ4v) is 4.52. The summed E-state index contributed by atoms with van der Waals surface area (Å²) in [5.41, 5.74) is 2.47. The first-order valence-electron chi connectivity index (χ1n) is 11.2. The van der Waals surface area contributed by atoms with Gasteiger partial charge in [-0.1, -0.05) is 37.6 Å². The van der Waals surface area contributed by atoms with Crippen LogP contribution in [-0.2, 0) is 16.6 Å². The van der Waals surface area contributed by atoms with Crippen LogP contribution < -0.4 is 10.6 Å². The highest BCUT2D eigenvalue weighted by Crippen LogP contribution is 2.17. The summed E-state index contributed by atoms with van der Waals surface area (Å²) in [4.78, 5) is 27.4. The number of piperazine rings is 1. The molecule has 9 heteroatoms. The lowest BCUT2D eigenvalue weighted by atomic mass is 10.1. The van der Waals surface area contributed by atoms with E-state index >= 15 is 0 Å².